The Hall–Kier alpha value is -2.83. The number of ether oxygens (including phenoxy) is 2. The largest absolute Gasteiger partial charge is 0.493 e. The normalized spacial score (nSPS) is 10.2. The number of hydrogen-bond donors (Lipinski definition) is 2. The van der Waals surface area contributed by atoms with Gasteiger partial charge in [0.25, 0.3) is 0 Å². The number of aromatic carboxylic acids is 1. The van der Waals surface area contributed by atoms with Gasteiger partial charge in [-0.2, -0.15) is 0 Å². The number of benzene rings is 1. The van der Waals surface area contributed by atoms with E-state index in [4.69, 9.17) is 19.7 Å². The van der Waals surface area contributed by atoms with Gasteiger partial charge in [0.2, 0.25) is 0 Å². The van der Waals surface area contributed by atoms with E-state index in [-0.39, 0.29) is 17.1 Å². The zero-order valence-corrected chi connectivity index (χ0v) is 9.82. The smallest absolute Gasteiger partial charge is 0.336 e. The van der Waals surface area contributed by atoms with Crippen molar-refractivity contribution in [2.24, 2.45) is 0 Å². The summed E-state index contributed by atoms with van der Waals surface area (Å²) in [6, 6.07) is 3.66. The summed E-state index contributed by atoms with van der Waals surface area (Å²) in [7, 11) is 1.28. The van der Waals surface area contributed by atoms with Crippen molar-refractivity contribution in [3.05, 3.63) is 35.9 Å². The molecule has 19 heavy (non-hydrogen) atoms. The van der Waals surface area contributed by atoms with Gasteiger partial charge in [-0.25, -0.2) is 14.4 Å². The number of carboxylic acids is 2. The van der Waals surface area contributed by atoms with Crippen LogP contribution in [0.5, 0.6) is 11.5 Å². The average Bonchev–Trinajstić information content (AvgIpc) is 2.36. The number of carbonyl (C=O) groups excluding carboxylic acids is 1. The van der Waals surface area contributed by atoms with Gasteiger partial charge < -0.3 is 19.7 Å². The van der Waals surface area contributed by atoms with Gasteiger partial charge in [0.05, 0.1) is 12.7 Å². The van der Waals surface area contributed by atoms with Crippen LogP contribution in [0.25, 0.3) is 0 Å². The molecule has 1 aromatic carbocycles. The third-order valence-electron chi connectivity index (χ3n) is 1.98. The fraction of sp³-hybridized carbons (Fsp3) is 0.0833. The molecule has 0 aliphatic carbocycles. The zero-order chi connectivity index (χ0) is 14.4. The highest BCUT2D eigenvalue weighted by Crippen LogP contribution is 2.28. The molecule has 0 radical (unpaired) electrons. The van der Waals surface area contributed by atoms with Gasteiger partial charge in [0.15, 0.2) is 11.5 Å². The SMILES string of the molecule is COc1cc(C(=O)O)ccc1OC(=O)C=CC(=O)O. The number of carboxylic acid groups (broad SMARTS) is 2. The van der Waals surface area contributed by atoms with Gasteiger partial charge in [0.1, 0.15) is 0 Å². The molecule has 0 aliphatic heterocycles. The maximum absolute atomic E-state index is 11.3. The second-order valence-electron chi connectivity index (χ2n) is 3.26. The molecular weight excluding hydrogens is 256 g/mol. The van der Waals surface area contributed by atoms with Crippen molar-refractivity contribution in [3.63, 3.8) is 0 Å². The molecule has 7 nitrogen and oxygen atoms in total. The first kappa shape index (κ1) is 14.2. The highest BCUT2D eigenvalue weighted by Gasteiger charge is 2.12. The Labute approximate surface area is 107 Å². The first-order valence-electron chi connectivity index (χ1n) is 4.98. The number of hydrogen-bond acceptors (Lipinski definition) is 5. The molecule has 0 bridgehead atoms. The standard InChI is InChI=1S/C12H10O7/c1-18-9-6-7(12(16)17)2-3-8(9)19-11(15)5-4-10(13)14/h2-6H,1H3,(H,13,14)(H,16,17). The molecule has 0 heterocycles. The van der Waals surface area contributed by atoms with Crippen LogP contribution in [0.4, 0.5) is 0 Å². The molecule has 0 unspecified atom stereocenters. The molecule has 0 amide bonds. The van der Waals surface area contributed by atoms with Crippen LogP contribution in [0.15, 0.2) is 30.4 Å². The Balaban J connectivity index is 2.92. The van der Waals surface area contributed by atoms with Gasteiger partial charge in [-0.3, -0.25) is 0 Å². The fourth-order valence-electron chi connectivity index (χ4n) is 1.17. The van der Waals surface area contributed by atoms with Crippen LogP contribution in [-0.4, -0.2) is 35.2 Å². The van der Waals surface area contributed by atoms with Crippen molar-refractivity contribution >= 4 is 17.9 Å². The van der Waals surface area contributed by atoms with E-state index in [1.165, 1.54) is 25.3 Å². The number of rotatable bonds is 5. The van der Waals surface area contributed by atoms with Crippen molar-refractivity contribution in [1.82, 2.24) is 0 Å². The molecule has 0 spiro atoms. The van der Waals surface area contributed by atoms with Crippen LogP contribution >= 0.6 is 0 Å². The molecule has 1 rings (SSSR count). The molecular formula is C12H10O7. The van der Waals surface area contributed by atoms with Crippen LogP contribution in [0.2, 0.25) is 0 Å². The third kappa shape index (κ3) is 4.15. The minimum absolute atomic E-state index is 0.00691. The maximum Gasteiger partial charge on any atom is 0.336 e. The molecule has 0 saturated heterocycles. The van der Waals surface area contributed by atoms with Crippen LogP contribution in [0, 0.1) is 0 Å². The summed E-state index contributed by atoms with van der Waals surface area (Å²) in [5.74, 6) is -3.31. The number of methoxy groups -OCH3 is 1. The number of aliphatic carboxylic acids is 1. The summed E-state index contributed by atoms with van der Waals surface area (Å²) in [5.41, 5.74) is -0.0299. The predicted octanol–water partition coefficient (Wildman–Crippen LogP) is 0.940. The lowest BCUT2D eigenvalue weighted by Gasteiger charge is -2.08. The van der Waals surface area contributed by atoms with E-state index in [2.05, 4.69) is 0 Å². The molecule has 0 fully saturated rings. The lowest BCUT2D eigenvalue weighted by molar-refractivity contribution is -0.133. The van der Waals surface area contributed by atoms with E-state index < -0.39 is 17.9 Å². The van der Waals surface area contributed by atoms with Crippen molar-refractivity contribution in [1.29, 1.82) is 0 Å². The van der Waals surface area contributed by atoms with E-state index in [1.807, 2.05) is 0 Å². The highest BCUT2D eigenvalue weighted by molar-refractivity contribution is 5.92. The molecule has 0 aliphatic rings. The summed E-state index contributed by atoms with van der Waals surface area (Å²) in [6.45, 7) is 0. The number of carbonyl (C=O) groups is 3. The van der Waals surface area contributed by atoms with Gasteiger partial charge in [-0.15, -0.1) is 0 Å². The molecule has 7 heteroatoms. The van der Waals surface area contributed by atoms with Crippen LogP contribution < -0.4 is 9.47 Å². The zero-order valence-electron chi connectivity index (χ0n) is 9.82. The quantitative estimate of drug-likeness (QED) is 0.463. The van der Waals surface area contributed by atoms with Crippen molar-refractivity contribution in [2.75, 3.05) is 7.11 Å². The minimum atomic E-state index is -1.29. The second kappa shape index (κ2) is 6.20. The van der Waals surface area contributed by atoms with Gasteiger partial charge >= 0.3 is 17.9 Å². The Morgan fingerprint density at radius 3 is 2.32 bits per heavy atom. The topological polar surface area (TPSA) is 110 Å². The van der Waals surface area contributed by atoms with Gasteiger partial charge in [-0.1, -0.05) is 0 Å². The minimum Gasteiger partial charge on any atom is -0.493 e. The summed E-state index contributed by atoms with van der Waals surface area (Å²) in [4.78, 5) is 32.2. The van der Waals surface area contributed by atoms with Gasteiger partial charge in [-0.05, 0) is 18.2 Å². The summed E-state index contributed by atoms with van der Waals surface area (Å²) in [5, 5.41) is 17.1. The lowest BCUT2D eigenvalue weighted by Crippen LogP contribution is -2.07. The average molecular weight is 266 g/mol. The summed E-state index contributed by atoms with van der Waals surface area (Å²) in [6.07, 6.45) is 1.35. The van der Waals surface area contributed by atoms with E-state index in [9.17, 15) is 14.4 Å². The predicted molar refractivity (Wildman–Crippen MR) is 62.4 cm³/mol. The van der Waals surface area contributed by atoms with Crippen LogP contribution in [0.3, 0.4) is 0 Å². The number of esters is 1. The van der Waals surface area contributed by atoms with Crippen LogP contribution in [0.1, 0.15) is 10.4 Å². The lowest BCUT2D eigenvalue weighted by atomic mass is 10.2. The van der Waals surface area contributed by atoms with E-state index >= 15 is 0 Å². The van der Waals surface area contributed by atoms with E-state index in [0.717, 1.165) is 6.08 Å². The maximum atomic E-state index is 11.3. The van der Waals surface area contributed by atoms with Crippen molar-refractivity contribution in [2.45, 2.75) is 0 Å². The molecule has 100 valence electrons. The molecule has 0 atom stereocenters. The molecule has 2 N–H and O–H groups in total. The van der Waals surface area contributed by atoms with Crippen molar-refractivity contribution in [3.8, 4) is 11.5 Å². The Morgan fingerprint density at radius 1 is 1.11 bits per heavy atom. The molecule has 0 aromatic heterocycles. The fourth-order valence-corrected chi connectivity index (χ4v) is 1.17. The van der Waals surface area contributed by atoms with E-state index in [0.29, 0.717) is 6.08 Å². The Kier molecular flexibility index (Phi) is 4.64. The highest BCUT2D eigenvalue weighted by atomic mass is 16.6. The molecule has 0 saturated carbocycles. The summed E-state index contributed by atoms with van der Waals surface area (Å²) < 4.78 is 9.70. The molecule has 1 aromatic rings. The monoisotopic (exact) mass is 266 g/mol. The second-order valence-corrected chi connectivity index (χ2v) is 3.26. The Bertz CT molecular complexity index is 545. The first-order chi connectivity index (χ1) is 8.93. The third-order valence-corrected chi connectivity index (χ3v) is 1.98. The summed E-state index contributed by atoms with van der Waals surface area (Å²) >= 11 is 0. The van der Waals surface area contributed by atoms with Gasteiger partial charge in [0, 0.05) is 12.2 Å². The van der Waals surface area contributed by atoms with Crippen LogP contribution in [-0.2, 0) is 9.59 Å². The Morgan fingerprint density at radius 2 is 1.79 bits per heavy atom. The first-order valence-corrected chi connectivity index (χ1v) is 4.98. The van der Waals surface area contributed by atoms with E-state index in [1.54, 1.807) is 0 Å². The van der Waals surface area contributed by atoms with Crippen molar-refractivity contribution < 1.29 is 34.1 Å².